The van der Waals surface area contributed by atoms with Gasteiger partial charge in [0.1, 0.15) is 12.4 Å². The standard InChI is InChI=1S/C25H25N3O5/c1-13-6-8-16(9-7-13)28-24-20(14(2)27-28)21(22-17(26-24)12-33-25(22)29)15-10-18(30-3)23(32-5)19(11-15)31-4/h6-11,21,26H,12H2,1-5H3. The van der Waals surface area contributed by atoms with Crippen LogP contribution in [-0.4, -0.2) is 43.7 Å². The lowest BCUT2D eigenvalue weighted by atomic mass is 9.81. The maximum absolute atomic E-state index is 12.8. The van der Waals surface area contributed by atoms with E-state index < -0.39 is 5.92 Å². The van der Waals surface area contributed by atoms with Crippen LogP contribution in [0.2, 0.25) is 0 Å². The molecule has 3 heterocycles. The minimum absolute atomic E-state index is 0.187. The topological polar surface area (TPSA) is 83.8 Å². The van der Waals surface area contributed by atoms with Gasteiger partial charge in [-0.3, -0.25) is 0 Å². The van der Waals surface area contributed by atoms with Crippen molar-refractivity contribution in [2.24, 2.45) is 0 Å². The van der Waals surface area contributed by atoms with E-state index in [2.05, 4.69) is 5.32 Å². The zero-order valence-electron chi connectivity index (χ0n) is 19.2. The van der Waals surface area contributed by atoms with Crippen LogP contribution in [-0.2, 0) is 9.53 Å². The molecule has 2 aliphatic heterocycles. The third-order valence-electron chi connectivity index (χ3n) is 6.14. The van der Waals surface area contributed by atoms with Crippen molar-refractivity contribution in [3.8, 4) is 22.9 Å². The fourth-order valence-corrected chi connectivity index (χ4v) is 4.58. The van der Waals surface area contributed by atoms with E-state index in [0.717, 1.165) is 34.0 Å². The number of fused-ring (bicyclic) bond motifs is 1. The molecule has 1 aromatic heterocycles. The van der Waals surface area contributed by atoms with Crippen molar-refractivity contribution in [1.82, 2.24) is 9.78 Å². The summed E-state index contributed by atoms with van der Waals surface area (Å²) >= 11 is 0. The molecule has 0 spiro atoms. The number of aryl methyl sites for hydroxylation is 2. The summed E-state index contributed by atoms with van der Waals surface area (Å²) in [7, 11) is 4.71. The molecule has 5 rings (SSSR count). The molecule has 1 N–H and O–H groups in total. The molecule has 33 heavy (non-hydrogen) atoms. The van der Waals surface area contributed by atoms with E-state index in [9.17, 15) is 4.79 Å². The Hall–Kier alpha value is -3.94. The number of rotatable bonds is 5. The van der Waals surface area contributed by atoms with Crippen LogP contribution >= 0.6 is 0 Å². The number of hydrogen-bond donors (Lipinski definition) is 1. The van der Waals surface area contributed by atoms with Crippen molar-refractivity contribution >= 4 is 11.8 Å². The first kappa shape index (κ1) is 20.9. The Bertz CT molecular complexity index is 1270. The zero-order chi connectivity index (χ0) is 23.3. The quantitative estimate of drug-likeness (QED) is 0.594. The normalized spacial score (nSPS) is 16.6. The number of aromatic nitrogens is 2. The van der Waals surface area contributed by atoms with Gasteiger partial charge in [0.25, 0.3) is 0 Å². The maximum Gasteiger partial charge on any atom is 0.337 e. The number of hydrogen-bond acceptors (Lipinski definition) is 7. The number of benzene rings is 2. The predicted molar refractivity (Wildman–Crippen MR) is 123 cm³/mol. The van der Waals surface area contributed by atoms with E-state index in [1.165, 1.54) is 5.56 Å². The molecule has 0 saturated carbocycles. The summed E-state index contributed by atoms with van der Waals surface area (Å²) in [6.07, 6.45) is 0. The molecule has 2 aromatic carbocycles. The van der Waals surface area contributed by atoms with Gasteiger partial charge in [-0.15, -0.1) is 0 Å². The molecule has 0 aliphatic carbocycles. The molecule has 8 heteroatoms. The number of carbonyl (C=O) groups excluding carboxylic acids is 1. The van der Waals surface area contributed by atoms with Crippen molar-refractivity contribution in [1.29, 1.82) is 0 Å². The minimum Gasteiger partial charge on any atom is -0.493 e. The van der Waals surface area contributed by atoms with Crippen molar-refractivity contribution < 1.29 is 23.7 Å². The third-order valence-corrected chi connectivity index (χ3v) is 6.14. The summed E-state index contributed by atoms with van der Waals surface area (Å²) in [4.78, 5) is 12.8. The van der Waals surface area contributed by atoms with Gasteiger partial charge in [-0.05, 0) is 43.7 Å². The monoisotopic (exact) mass is 447 g/mol. The van der Waals surface area contributed by atoms with Crippen LogP contribution in [0.25, 0.3) is 5.69 Å². The van der Waals surface area contributed by atoms with E-state index in [-0.39, 0.29) is 12.6 Å². The number of anilines is 1. The van der Waals surface area contributed by atoms with Crippen LogP contribution in [0.3, 0.4) is 0 Å². The Balaban J connectivity index is 1.75. The lowest BCUT2D eigenvalue weighted by Crippen LogP contribution is -2.21. The largest absolute Gasteiger partial charge is 0.493 e. The summed E-state index contributed by atoms with van der Waals surface area (Å²) < 4.78 is 23.9. The molecular weight excluding hydrogens is 422 g/mol. The number of ether oxygens (including phenoxy) is 4. The molecule has 0 fully saturated rings. The summed E-state index contributed by atoms with van der Waals surface area (Å²) in [6, 6.07) is 11.9. The zero-order valence-corrected chi connectivity index (χ0v) is 19.2. The van der Waals surface area contributed by atoms with Gasteiger partial charge in [-0.2, -0.15) is 5.10 Å². The number of carbonyl (C=O) groups is 1. The molecule has 0 amide bonds. The molecule has 1 unspecified atom stereocenters. The average Bonchev–Trinajstić information content (AvgIpc) is 3.37. The Labute approximate surface area is 191 Å². The molecule has 3 aromatic rings. The first-order valence-electron chi connectivity index (χ1n) is 10.6. The Kier molecular flexibility index (Phi) is 5.00. The highest BCUT2D eigenvalue weighted by molar-refractivity contribution is 5.97. The van der Waals surface area contributed by atoms with Crippen molar-refractivity contribution in [3.63, 3.8) is 0 Å². The third kappa shape index (κ3) is 3.21. The van der Waals surface area contributed by atoms with Crippen molar-refractivity contribution in [3.05, 3.63) is 70.1 Å². The first-order valence-corrected chi connectivity index (χ1v) is 10.6. The van der Waals surface area contributed by atoms with Gasteiger partial charge in [0, 0.05) is 11.5 Å². The molecule has 0 saturated heterocycles. The van der Waals surface area contributed by atoms with Crippen LogP contribution in [0.15, 0.2) is 47.7 Å². The maximum atomic E-state index is 12.8. The number of nitrogens with zero attached hydrogens (tertiary/aromatic N) is 2. The van der Waals surface area contributed by atoms with Gasteiger partial charge in [0.15, 0.2) is 11.5 Å². The molecule has 0 radical (unpaired) electrons. The highest BCUT2D eigenvalue weighted by Gasteiger charge is 2.42. The average molecular weight is 447 g/mol. The fourth-order valence-electron chi connectivity index (χ4n) is 4.58. The summed E-state index contributed by atoms with van der Waals surface area (Å²) in [5.41, 5.74) is 5.94. The molecular formula is C25H25N3O5. The predicted octanol–water partition coefficient (Wildman–Crippen LogP) is 3.88. The van der Waals surface area contributed by atoms with Crippen LogP contribution in [0.4, 0.5) is 5.82 Å². The highest BCUT2D eigenvalue weighted by Crippen LogP contribution is 2.49. The Morgan fingerprint density at radius 2 is 1.70 bits per heavy atom. The van der Waals surface area contributed by atoms with E-state index in [0.29, 0.717) is 22.8 Å². The second-order valence-electron chi connectivity index (χ2n) is 8.08. The summed E-state index contributed by atoms with van der Waals surface area (Å²) in [5, 5.41) is 8.25. The summed E-state index contributed by atoms with van der Waals surface area (Å²) in [5.74, 6) is 1.59. The Morgan fingerprint density at radius 1 is 1.03 bits per heavy atom. The lowest BCUT2D eigenvalue weighted by Gasteiger charge is -2.26. The van der Waals surface area contributed by atoms with Crippen molar-refractivity contribution in [2.75, 3.05) is 33.3 Å². The number of methoxy groups -OCH3 is 3. The van der Waals surface area contributed by atoms with Crippen LogP contribution in [0.5, 0.6) is 17.2 Å². The molecule has 8 nitrogen and oxygen atoms in total. The smallest absolute Gasteiger partial charge is 0.337 e. The van der Waals surface area contributed by atoms with Gasteiger partial charge in [-0.1, -0.05) is 17.7 Å². The lowest BCUT2D eigenvalue weighted by molar-refractivity contribution is -0.136. The van der Waals surface area contributed by atoms with Gasteiger partial charge in [0.05, 0.1) is 44.0 Å². The number of cyclic esters (lactones) is 1. The van der Waals surface area contributed by atoms with Crippen molar-refractivity contribution in [2.45, 2.75) is 19.8 Å². The number of nitrogens with one attached hydrogen (secondary N) is 1. The highest BCUT2D eigenvalue weighted by atomic mass is 16.5. The number of esters is 1. The molecule has 2 aliphatic rings. The van der Waals surface area contributed by atoms with Crippen LogP contribution in [0.1, 0.15) is 28.3 Å². The second-order valence-corrected chi connectivity index (χ2v) is 8.08. The second kappa shape index (κ2) is 7.88. The summed E-state index contributed by atoms with van der Waals surface area (Å²) in [6.45, 7) is 4.18. The SMILES string of the molecule is COc1cc(C2C3=C(COC3=O)Nc3c2c(C)nn3-c2ccc(C)cc2)cc(OC)c1OC. The fraction of sp³-hybridized carbons (Fsp3) is 0.280. The molecule has 0 bridgehead atoms. The first-order chi connectivity index (χ1) is 16.0. The van der Waals surface area contributed by atoms with E-state index in [1.54, 1.807) is 21.3 Å². The molecule has 170 valence electrons. The molecule has 1 atom stereocenters. The van der Waals surface area contributed by atoms with Gasteiger partial charge >= 0.3 is 5.97 Å². The minimum atomic E-state index is -0.404. The van der Waals surface area contributed by atoms with Crippen LogP contribution < -0.4 is 19.5 Å². The van der Waals surface area contributed by atoms with E-state index in [1.807, 2.05) is 54.9 Å². The van der Waals surface area contributed by atoms with Gasteiger partial charge in [0.2, 0.25) is 5.75 Å². The Morgan fingerprint density at radius 3 is 2.30 bits per heavy atom. The van der Waals surface area contributed by atoms with E-state index in [4.69, 9.17) is 24.0 Å². The van der Waals surface area contributed by atoms with E-state index >= 15 is 0 Å². The van der Waals surface area contributed by atoms with Gasteiger partial charge in [-0.25, -0.2) is 9.48 Å². The van der Waals surface area contributed by atoms with Gasteiger partial charge < -0.3 is 24.3 Å². The van der Waals surface area contributed by atoms with Crippen LogP contribution in [0, 0.1) is 13.8 Å².